The normalized spacial score (nSPS) is 16.1. The van der Waals surface area contributed by atoms with Gasteiger partial charge >= 0.3 is 13.7 Å². The lowest BCUT2D eigenvalue weighted by Gasteiger charge is -2.34. The van der Waals surface area contributed by atoms with Gasteiger partial charge in [-0.05, 0) is 124 Å². The largest absolute Gasteiger partial charge is 0.310 e. The number of hydrogen-bond acceptors (Lipinski definition) is 2. The zero-order valence-electron chi connectivity index (χ0n) is 35.9. The molecule has 0 saturated carbocycles. The van der Waals surface area contributed by atoms with Crippen molar-refractivity contribution >= 4 is 68.7 Å². The summed E-state index contributed by atoms with van der Waals surface area (Å²) in [6.45, 7) is 35.6. The van der Waals surface area contributed by atoms with Gasteiger partial charge in [0.25, 0.3) is 0 Å². The third-order valence-electron chi connectivity index (χ3n) is 13.5. The molecule has 0 N–H and O–H groups in total. The summed E-state index contributed by atoms with van der Waals surface area (Å²) in [6.07, 6.45) is 0. The van der Waals surface area contributed by atoms with Crippen molar-refractivity contribution < 1.29 is 0 Å². The number of rotatable bonds is 0. The summed E-state index contributed by atoms with van der Waals surface area (Å²) in [5.74, 6) is 0. The van der Waals surface area contributed by atoms with Crippen LogP contribution in [0.1, 0.15) is 132 Å². The third kappa shape index (κ3) is 4.69. The molecule has 278 valence electrons. The number of anilines is 2. The van der Waals surface area contributed by atoms with E-state index in [1.54, 1.807) is 0 Å². The van der Waals surface area contributed by atoms with Gasteiger partial charge in [0, 0.05) is 16.5 Å². The summed E-state index contributed by atoms with van der Waals surface area (Å²) < 4.78 is 2.66. The van der Waals surface area contributed by atoms with Crippen LogP contribution in [0.5, 0.6) is 0 Å². The van der Waals surface area contributed by atoms with E-state index in [9.17, 15) is 0 Å². The molecule has 0 atom stereocenters. The second-order valence-corrected chi connectivity index (χ2v) is 22.5. The summed E-state index contributed by atoms with van der Waals surface area (Å²) in [5.41, 5.74) is 22.4. The Morgan fingerprint density at radius 2 is 0.873 bits per heavy atom. The predicted molar refractivity (Wildman–Crippen MR) is 240 cm³/mol. The van der Waals surface area contributed by atoms with Gasteiger partial charge in [-0.2, -0.15) is 0 Å². The maximum absolute atomic E-state index is 2.81. The van der Waals surface area contributed by atoms with E-state index in [0.29, 0.717) is 0 Å². The number of nitrogens with zero attached hydrogens (tertiary/aromatic N) is 3. The highest BCUT2D eigenvalue weighted by Gasteiger charge is 2.59. The SMILES string of the molecule is CC(C)(C)c1ccc2c(c1)-c1cc(C(C)(C)C)cc3c1B2N1B2c4c(cc(C(C)(C)C)cc4-n4c5ccc(C(C)(C)C)cc5c5cc(C(C)(C)C)cc2c54)N31. The Bertz CT molecular complexity index is 2690. The molecule has 0 aliphatic carbocycles. The summed E-state index contributed by atoms with van der Waals surface area (Å²) in [5, 5.41) is 5.42. The lowest BCUT2D eigenvalue weighted by atomic mass is 9.39. The van der Waals surface area contributed by atoms with Crippen LogP contribution < -0.4 is 26.9 Å². The molecule has 6 aromatic rings. The predicted octanol–water partition coefficient (Wildman–Crippen LogP) is 10.2. The van der Waals surface area contributed by atoms with Crippen molar-refractivity contribution in [2.75, 3.05) is 5.01 Å². The first-order chi connectivity index (χ1) is 25.4. The Morgan fingerprint density at radius 1 is 0.400 bits per heavy atom. The Kier molecular flexibility index (Phi) is 6.66. The summed E-state index contributed by atoms with van der Waals surface area (Å²) in [4.78, 5) is 2.81. The van der Waals surface area contributed by atoms with Gasteiger partial charge in [-0.15, -0.1) is 0 Å². The standard InChI is InChI=1S/C50H57B2N3/c1-46(2,3)28-16-18-37-33(20-28)35-22-31(49(10,11)12)26-41-43(35)51(37)55-52-38-24-30(48(7,8)9)23-36-34-21-29(47(4,5)6)17-19-39(34)53(45(36)38)40-25-32(50(13,14)15)27-42(44(40)52)54(41)55/h16-27H,1-15H3. The average Bonchev–Trinajstić information content (AvgIpc) is 3.79. The average molecular weight is 722 g/mol. The van der Waals surface area contributed by atoms with Crippen LogP contribution in [0.3, 0.4) is 0 Å². The number of hydrogen-bond donors (Lipinski definition) is 0. The van der Waals surface area contributed by atoms with Gasteiger partial charge in [0.05, 0.1) is 22.4 Å². The zero-order chi connectivity index (χ0) is 39.3. The molecule has 0 saturated heterocycles. The highest BCUT2D eigenvalue weighted by atomic mass is 15.6. The molecule has 3 nitrogen and oxygen atoms in total. The Labute approximate surface area is 330 Å². The van der Waals surface area contributed by atoms with Crippen LogP contribution >= 0.6 is 0 Å². The van der Waals surface area contributed by atoms with Crippen LogP contribution in [0.25, 0.3) is 38.6 Å². The summed E-state index contributed by atoms with van der Waals surface area (Å²) >= 11 is 0. The van der Waals surface area contributed by atoms with Crippen LogP contribution in [-0.4, -0.2) is 23.1 Å². The van der Waals surface area contributed by atoms with E-state index >= 15 is 0 Å². The molecule has 55 heavy (non-hydrogen) atoms. The van der Waals surface area contributed by atoms with E-state index in [1.165, 1.54) is 99.7 Å². The van der Waals surface area contributed by atoms with Gasteiger partial charge < -0.3 is 4.57 Å². The molecule has 4 aliphatic rings. The van der Waals surface area contributed by atoms with Crippen LogP contribution in [0.15, 0.2) is 72.8 Å². The molecular formula is C50H57B2N3. The van der Waals surface area contributed by atoms with E-state index in [0.717, 1.165) is 0 Å². The van der Waals surface area contributed by atoms with E-state index in [1.807, 2.05) is 0 Å². The van der Waals surface area contributed by atoms with Crippen molar-refractivity contribution in [3.8, 4) is 16.8 Å². The van der Waals surface area contributed by atoms with Crippen LogP contribution in [-0.2, 0) is 27.1 Å². The quantitative estimate of drug-likeness (QED) is 0.145. The molecule has 0 amide bonds. The minimum atomic E-state index is -0.0281. The van der Waals surface area contributed by atoms with Crippen LogP contribution in [0.4, 0.5) is 11.4 Å². The molecule has 5 heteroatoms. The molecule has 0 unspecified atom stereocenters. The van der Waals surface area contributed by atoms with Crippen molar-refractivity contribution in [1.29, 1.82) is 0 Å². The third-order valence-corrected chi connectivity index (χ3v) is 13.5. The molecule has 4 aliphatic heterocycles. The fourth-order valence-corrected chi connectivity index (χ4v) is 10.1. The zero-order valence-corrected chi connectivity index (χ0v) is 35.9. The number of fused-ring (bicyclic) bond motifs is 13. The molecule has 0 fully saturated rings. The fourth-order valence-electron chi connectivity index (χ4n) is 10.1. The topological polar surface area (TPSA) is 11.4 Å². The maximum Gasteiger partial charge on any atom is 0.307 e. The van der Waals surface area contributed by atoms with Gasteiger partial charge in [0.1, 0.15) is 0 Å². The van der Waals surface area contributed by atoms with Crippen LogP contribution in [0.2, 0.25) is 0 Å². The summed E-state index contributed by atoms with van der Waals surface area (Å²) in [7, 11) is 0. The van der Waals surface area contributed by atoms with E-state index in [2.05, 4.69) is 191 Å². The lowest BCUT2D eigenvalue weighted by Crippen LogP contribution is -2.64. The molecular weight excluding hydrogens is 664 g/mol. The Morgan fingerprint density at radius 3 is 1.49 bits per heavy atom. The minimum Gasteiger partial charge on any atom is -0.310 e. The smallest absolute Gasteiger partial charge is 0.307 e. The second-order valence-electron chi connectivity index (χ2n) is 22.5. The van der Waals surface area contributed by atoms with E-state index < -0.39 is 0 Å². The number of aromatic nitrogens is 1. The van der Waals surface area contributed by atoms with Gasteiger partial charge in [-0.1, -0.05) is 140 Å². The fraction of sp³-hybridized carbons (Fsp3) is 0.400. The van der Waals surface area contributed by atoms with E-state index in [-0.39, 0.29) is 40.8 Å². The molecule has 1 aromatic heterocycles. The number of benzene rings is 5. The first kappa shape index (κ1) is 35.2. The maximum atomic E-state index is 2.81. The highest BCUT2D eigenvalue weighted by molar-refractivity contribution is 7.03. The lowest BCUT2D eigenvalue weighted by molar-refractivity contribution is 0.588. The van der Waals surface area contributed by atoms with Crippen molar-refractivity contribution in [3.63, 3.8) is 0 Å². The molecule has 0 radical (unpaired) electrons. The first-order valence-corrected chi connectivity index (χ1v) is 20.7. The molecule has 0 spiro atoms. The Hall–Kier alpha value is -4.21. The monoisotopic (exact) mass is 721 g/mol. The van der Waals surface area contributed by atoms with Crippen molar-refractivity contribution in [1.82, 2.24) is 9.40 Å². The molecule has 0 bridgehead atoms. The molecule has 5 heterocycles. The summed E-state index contributed by atoms with van der Waals surface area (Å²) in [6, 6.07) is 30.0. The first-order valence-electron chi connectivity index (χ1n) is 20.7. The van der Waals surface area contributed by atoms with Gasteiger partial charge in [0.15, 0.2) is 0 Å². The van der Waals surface area contributed by atoms with E-state index in [4.69, 9.17) is 0 Å². The molecule has 5 aromatic carbocycles. The van der Waals surface area contributed by atoms with Gasteiger partial charge in [-0.25, -0.2) is 0 Å². The van der Waals surface area contributed by atoms with Crippen molar-refractivity contribution in [3.05, 3.63) is 101 Å². The second kappa shape index (κ2) is 10.4. The Balaban J connectivity index is 1.36. The van der Waals surface area contributed by atoms with Gasteiger partial charge in [-0.3, -0.25) is 9.84 Å². The minimum absolute atomic E-state index is 0.00350. The van der Waals surface area contributed by atoms with Crippen molar-refractivity contribution in [2.24, 2.45) is 0 Å². The highest BCUT2D eigenvalue weighted by Crippen LogP contribution is 2.49. The van der Waals surface area contributed by atoms with Crippen LogP contribution in [0, 0.1) is 0 Å². The van der Waals surface area contributed by atoms with Crippen molar-refractivity contribution in [2.45, 2.75) is 131 Å². The number of hydrazine groups is 1. The van der Waals surface area contributed by atoms with Gasteiger partial charge in [0.2, 0.25) is 0 Å². The molecule has 10 rings (SSSR count).